The summed E-state index contributed by atoms with van der Waals surface area (Å²) >= 11 is 0. The third kappa shape index (κ3) is 2.04. The number of benzene rings is 1. The molecule has 1 nitrogen and oxygen atoms in total. The molecule has 1 aromatic carbocycles. The van der Waals surface area contributed by atoms with Crippen LogP contribution in [0.3, 0.4) is 0 Å². The van der Waals surface area contributed by atoms with Crippen LogP contribution in [0.25, 0.3) is 0 Å². The Morgan fingerprint density at radius 1 is 1.19 bits per heavy atom. The van der Waals surface area contributed by atoms with E-state index in [2.05, 4.69) is 18.2 Å². The highest BCUT2D eigenvalue weighted by Crippen LogP contribution is 2.38. The Bertz CT molecular complexity index is 373. The predicted molar refractivity (Wildman–Crippen MR) is 66.7 cm³/mol. The van der Waals surface area contributed by atoms with E-state index in [1.54, 1.807) is 0 Å². The molecule has 0 bridgehead atoms. The Kier molecular flexibility index (Phi) is 3.13. The summed E-state index contributed by atoms with van der Waals surface area (Å²) in [4.78, 5) is 11.2. The number of hydrogen-bond donors (Lipinski definition) is 0. The van der Waals surface area contributed by atoms with E-state index in [1.165, 1.54) is 36.8 Å². The number of hydrogen-bond acceptors (Lipinski definition) is 1. The van der Waals surface area contributed by atoms with Crippen molar-refractivity contribution in [2.24, 2.45) is 0 Å². The van der Waals surface area contributed by atoms with Gasteiger partial charge in [-0.1, -0.05) is 37.1 Å². The first-order valence-electron chi connectivity index (χ1n) is 6.21. The molecule has 0 N–H and O–H groups in total. The molecule has 1 fully saturated rings. The predicted octanol–water partition coefficient (Wildman–Crippen LogP) is 3.82. The van der Waals surface area contributed by atoms with Gasteiger partial charge in [-0.25, -0.2) is 0 Å². The van der Waals surface area contributed by atoms with Crippen LogP contribution in [0.5, 0.6) is 0 Å². The lowest BCUT2D eigenvalue weighted by Gasteiger charge is -2.24. The molecule has 0 unspecified atom stereocenters. The maximum Gasteiger partial charge on any atom is 0.129 e. The van der Waals surface area contributed by atoms with Gasteiger partial charge in [-0.15, -0.1) is 0 Å². The first kappa shape index (κ1) is 11.4. The molecule has 0 spiro atoms. The molecule has 1 aliphatic rings. The van der Waals surface area contributed by atoms with Crippen molar-refractivity contribution in [3.63, 3.8) is 0 Å². The first-order valence-corrected chi connectivity index (χ1v) is 6.21. The SMILES string of the molecule is CC(C)(C=O)c1ccccc1C1CCCC1. The normalized spacial score (nSPS) is 17.6. The molecule has 0 atom stereocenters. The molecule has 0 saturated heterocycles. The molecule has 16 heavy (non-hydrogen) atoms. The maximum absolute atomic E-state index is 11.2. The van der Waals surface area contributed by atoms with Crippen molar-refractivity contribution in [2.45, 2.75) is 50.9 Å². The second-order valence-corrected chi connectivity index (χ2v) is 5.41. The van der Waals surface area contributed by atoms with Crippen molar-refractivity contribution in [1.82, 2.24) is 0 Å². The highest BCUT2D eigenvalue weighted by molar-refractivity contribution is 5.68. The minimum atomic E-state index is -0.348. The molecule has 0 aliphatic heterocycles. The van der Waals surface area contributed by atoms with E-state index < -0.39 is 0 Å². The quantitative estimate of drug-likeness (QED) is 0.702. The van der Waals surface area contributed by atoms with Crippen molar-refractivity contribution in [2.75, 3.05) is 0 Å². The van der Waals surface area contributed by atoms with Crippen LogP contribution in [0.2, 0.25) is 0 Å². The Labute approximate surface area is 97.9 Å². The van der Waals surface area contributed by atoms with Crippen molar-refractivity contribution in [3.05, 3.63) is 35.4 Å². The molecule has 1 aromatic rings. The van der Waals surface area contributed by atoms with Crippen LogP contribution in [0.4, 0.5) is 0 Å². The van der Waals surface area contributed by atoms with Gasteiger partial charge in [0.25, 0.3) is 0 Å². The van der Waals surface area contributed by atoms with Gasteiger partial charge < -0.3 is 4.79 Å². The Morgan fingerprint density at radius 3 is 2.44 bits per heavy atom. The minimum absolute atomic E-state index is 0.348. The Morgan fingerprint density at radius 2 is 1.81 bits per heavy atom. The summed E-state index contributed by atoms with van der Waals surface area (Å²) in [7, 11) is 0. The fourth-order valence-corrected chi connectivity index (χ4v) is 2.74. The standard InChI is InChI=1S/C15H20O/c1-15(2,11-16)14-10-6-5-9-13(14)12-7-3-4-8-12/h5-6,9-12H,3-4,7-8H2,1-2H3. The van der Waals surface area contributed by atoms with Crippen LogP contribution in [0.15, 0.2) is 24.3 Å². The summed E-state index contributed by atoms with van der Waals surface area (Å²) in [6.07, 6.45) is 6.31. The van der Waals surface area contributed by atoms with E-state index >= 15 is 0 Å². The van der Waals surface area contributed by atoms with Crippen LogP contribution in [0.1, 0.15) is 56.6 Å². The summed E-state index contributed by atoms with van der Waals surface area (Å²) in [5.41, 5.74) is 2.27. The van der Waals surface area contributed by atoms with E-state index in [1.807, 2.05) is 19.9 Å². The number of aldehydes is 1. The number of carbonyl (C=O) groups is 1. The molecule has 1 aliphatic carbocycles. The summed E-state index contributed by atoms with van der Waals surface area (Å²) in [5, 5.41) is 0. The van der Waals surface area contributed by atoms with E-state index in [4.69, 9.17) is 0 Å². The van der Waals surface area contributed by atoms with Crippen LogP contribution >= 0.6 is 0 Å². The second kappa shape index (κ2) is 4.40. The Balaban J connectivity index is 2.40. The van der Waals surface area contributed by atoms with E-state index in [9.17, 15) is 4.79 Å². The van der Waals surface area contributed by atoms with Crippen LogP contribution in [-0.2, 0) is 10.2 Å². The highest BCUT2D eigenvalue weighted by Gasteiger charge is 2.27. The smallest absolute Gasteiger partial charge is 0.129 e. The van der Waals surface area contributed by atoms with Crippen molar-refractivity contribution >= 4 is 6.29 Å². The van der Waals surface area contributed by atoms with E-state index in [0.717, 1.165) is 6.29 Å². The van der Waals surface area contributed by atoms with Crippen molar-refractivity contribution in [1.29, 1.82) is 0 Å². The second-order valence-electron chi connectivity index (χ2n) is 5.41. The summed E-state index contributed by atoms with van der Waals surface area (Å²) in [6, 6.07) is 8.45. The fourth-order valence-electron chi connectivity index (χ4n) is 2.74. The lowest BCUT2D eigenvalue weighted by Crippen LogP contribution is -2.21. The van der Waals surface area contributed by atoms with Gasteiger partial charge in [0.2, 0.25) is 0 Å². The van der Waals surface area contributed by atoms with E-state index in [0.29, 0.717) is 5.92 Å². The molecule has 0 radical (unpaired) electrons. The summed E-state index contributed by atoms with van der Waals surface area (Å²) < 4.78 is 0. The largest absolute Gasteiger partial charge is 0.302 e. The average molecular weight is 216 g/mol. The van der Waals surface area contributed by atoms with Gasteiger partial charge in [0.15, 0.2) is 0 Å². The third-order valence-corrected chi connectivity index (χ3v) is 3.74. The topological polar surface area (TPSA) is 17.1 Å². The summed E-state index contributed by atoms with van der Waals surface area (Å²) in [6.45, 7) is 4.02. The zero-order valence-corrected chi connectivity index (χ0v) is 10.2. The number of carbonyl (C=O) groups excluding carboxylic acids is 1. The lowest BCUT2D eigenvalue weighted by atomic mass is 9.79. The average Bonchev–Trinajstić information content (AvgIpc) is 2.82. The molecule has 2 rings (SSSR count). The van der Waals surface area contributed by atoms with Gasteiger partial charge in [0.1, 0.15) is 6.29 Å². The molecular formula is C15H20O. The molecule has 1 heteroatoms. The van der Waals surface area contributed by atoms with Crippen molar-refractivity contribution in [3.8, 4) is 0 Å². The van der Waals surface area contributed by atoms with Gasteiger partial charge in [-0.05, 0) is 43.7 Å². The first-order chi connectivity index (χ1) is 7.65. The lowest BCUT2D eigenvalue weighted by molar-refractivity contribution is -0.111. The summed E-state index contributed by atoms with van der Waals surface area (Å²) in [5.74, 6) is 0.676. The molecule has 86 valence electrons. The maximum atomic E-state index is 11.2. The molecule has 0 aromatic heterocycles. The van der Waals surface area contributed by atoms with Crippen molar-refractivity contribution < 1.29 is 4.79 Å². The Hall–Kier alpha value is -1.11. The zero-order chi connectivity index (χ0) is 11.6. The van der Waals surface area contributed by atoms with Crippen LogP contribution in [0, 0.1) is 0 Å². The molecule has 1 saturated carbocycles. The highest BCUT2D eigenvalue weighted by atomic mass is 16.1. The van der Waals surface area contributed by atoms with Crippen LogP contribution < -0.4 is 0 Å². The zero-order valence-electron chi connectivity index (χ0n) is 10.2. The van der Waals surface area contributed by atoms with Gasteiger partial charge in [0.05, 0.1) is 0 Å². The molecular weight excluding hydrogens is 196 g/mol. The monoisotopic (exact) mass is 216 g/mol. The fraction of sp³-hybridized carbons (Fsp3) is 0.533. The van der Waals surface area contributed by atoms with Gasteiger partial charge in [-0.3, -0.25) is 0 Å². The molecule has 0 amide bonds. The molecule has 0 heterocycles. The third-order valence-electron chi connectivity index (χ3n) is 3.74. The van der Waals surface area contributed by atoms with Crippen LogP contribution in [-0.4, -0.2) is 6.29 Å². The van der Waals surface area contributed by atoms with Gasteiger partial charge in [-0.2, -0.15) is 0 Å². The van der Waals surface area contributed by atoms with E-state index in [-0.39, 0.29) is 5.41 Å². The van der Waals surface area contributed by atoms with Gasteiger partial charge >= 0.3 is 0 Å². The minimum Gasteiger partial charge on any atom is -0.302 e. The number of rotatable bonds is 3. The van der Waals surface area contributed by atoms with Gasteiger partial charge in [0, 0.05) is 5.41 Å².